The number of nitrogens with zero attached hydrogens (tertiary/aromatic N) is 1. The van der Waals surface area contributed by atoms with Crippen LogP contribution < -0.4 is 0 Å². The largest absolute Gasteiger partial charge is 0.375 e. The number of ether oxygens (including phenoxy) is 1. The number of benzene rings is 2. The van der Waals surface area contributed by atoms with Gasteiger partial charge in [-0.1, -0.05) is 54.1 Å². The van der Waals surface area contributed by atoms with Gasteiger partial charge in [0.25, 0.3) is 0 Å². The molecule has 6 heteroatoms. The van der Waals surface area contributed by atoms with Crippen LogP contribution in [0.1, 0.15) is 25.0 Å². The Labute approximate surface area is 160 Å². The Morgan fingerprint density at radius 2 is 1.73 bits per heavy atom. The van der Waals surface area contributed by atoms with Gasteiger partial charge >= 0.3 is 0 Å². The van der Waals surface area contributed by atoms with Gasteiger partial charge < -0.3 is 4.74 Å². The van der Waals surface area contributed by atoms with Crippen LogP contribution >= 0.6 is 11.6 Å². The number of morpholine rings is 1. The van der Waals surface area contributed by atoms with Gasteiger partial charge in [-0.3, -0.25) is 0 Å². The Hall–Kier alpha value is -1.40. The van der Waals surface area contributed by atoms with Crippen LogP contribution in [-0.2, 0) is 26.9 Å². The lowest BCUT2D eigenvalue weighted by atomic mass is 10.0. The molecule has 4 nitrogen and oxygen atoms in total. The van der Waals surface area contributed by atoms with E-state index in [1.165, 1.54) is 0 Å². The fraction of sp³-hybridized carbons (Fsp3) is 0.400. The van der Waals surface area contributed by atoms with Crippen molar-refractivity contribution in [1.29, 1.82) is 0 Å². The van der Waals surface area contributed by atoms with E-state index in [2.05, 4.69) is 0 Å². The van der Waals surface area contributed by atoms with Gasteiger partial charge in [-0.05, 0) is 43.5 Å². The zero-order chi connectivity index (χ0) is 18.8. The number of halogens is 1. The molecule has 0 N–H and O–H groups in total. The van der Waals surface area contributed by atoms with Crippen LogP contribution in [0.15, 0.2) is 54.6 Å². The fourth-order valence-electron chi connectivity index (χ4n) is 3.24. The van der Waals surface area contributed by atoms with Crippen LogP contribution in [-0.4, -0.2) is 37.5 Å². The second kappa shape index (κ2) is 7.69. The van der Waals surface area contributed by atoms with Gasteiger partial charge in [0, 0.05) is 11.6 Å². The lowest BCUT2D eigenvalue weighted by Crippen LogP contribution is -2.58. The maximum atomic E-state index is 13.1. The molecule has 1 aliphatic heterocycles. The standard InChI is InChI=1S/C20H24ClNO3S/c1-20(2)15-25-19(12-16-6-4-3-5-7-16)13-22(20)26(23,24)14-17-8-10-18(21)11-9-17/h3-11,19H,12-15H2,1-2H3. The Balaban J connectivity index is 1.77. The second-order valence-electron chi connectivity index (χ2n) is 7.35. The van der Waals surface area contributed by atoms with Crippen molar-refractivity contribution < 1.29 is 13.2 Å². The predicted molar refractivity (Wildman–Crippen MR) is 105 cm³/mol. The van der Waals surface area contributed by atoms with Crippen LogP contribution in [0.4, 0.5) is 0 Å². The highest BCUT2D eigenvalue weighted by Crippen LogP contribution is 2.28. The summed E-state index contributed by atoms with van der Waals surface area (Å²) in [6.07, 6.45) is 0.551. The summed E-state index contributed by atoms with van der Waals surface area (Å²) in [5.74, 6) is -0.0361. The minimum atomic E-state index is -3.47. The summed E-state index contributed by atoms with van der Waals surface area (Å²) in [4.78, 5) is 0. The molecule has 1 atom stereocenters. The van der Waals surface area contributed by atoms with Crippen LogP contribution in [0.2, 0.25) is 5.02 Å². The van der Waals surface area contributed by atoms with Crippen molar-refractivity contribution in [3.63, 3.8) is 0 Å². The van der Waals surface area contributed by atoms with Crippen molar-refractivity contribution >= 4 is 21.6 Å². The quantitative estimate of drug-likeness (QED) is 0.774. The first kappa shape index (κ1) is 19.4. The van der Waals surface area contributed by atoms with E-state index in [4.69, 9.17) is 16.3 Å². The topological polar surface area (TPSA) is 46.6 Å². The Bertz CT molecular complexity index is 835. The molecular weight excluding hydrogens is 370 g/mol. The normalized spacial score (nSPS) is 20.8. The highest BCUT2D eigenvalue weighted by molar-refractivity contribution is 7.88. The molecule has 1 saturated heterocycles. The van der Waals surface area contributed by atoms with Crippen molar-refractivity contribution in [2.45, 2.75) is 37.7 Å². The molecule has 1 aliphatic rings. The molecule has 1 fully saturated rings. The maximum Gasteiger partial charge on any atom is 0.218 e. The van der Waals surface area contributed by atoms with E-state index in [1.54, 1.807) is 28.6 Å². The molecule has 0 radical (unpaired) electrons. The molecule has 0 aromatic heterocycles. The maximum absolute atomic E-state index is 13.1. The van der Waals surface area contributed by atoms with E-state index in [-0.39, 0.29) is 11.9 Å². The summed E-state index contributed by atoms with van der Waals surface area (Å²) in [6, 6.07) is 17.0. The van der Waals surface area contributed by atoms with E-state index >= 15 is 0 Å². The molecule has 0 amide bonds. The van der Waals surface area contributed by atoms with Gasteiger partial charge in [-0.2, -0.15) is 4.31 Å². The van der Waals surface area contributed by atoms with Crippen LogP contribution in [0.25, 0.3) is 0 Å². The van der Waals surface area contributed by atoms with Crippen molar-refractivity contribution in [2.75, 3.05) is 13.2 Å². The number of hydrogen-bond acceptors (Lipinski definition) is 3. The van der Waals surface area contributed by atoms with Gasteiger partial charge in [-0.15, -0.1) is 0 Å². The van der Waals surface area contributed by atoms with E-state index in [9.17, 15) is 8.42 Å². The molecular formula is C20H24ClNO3S. The molecule has 0 spiro atoms. The zero-order valence-electron chi connectivity index (χ0n) is 15.1. The van der Waals surface area contributed by atoms with E-state index in [0.29, 0.717) is 24.6 Å². The van der Waals surface area contributed by atoms with Gasteiger partial charge in [0.05, 0.1) is 24.0 Å². The van der Waals surface area contributed by atoms with Crippen LogP contribution in [0.5, 0.6) is 0 Å². The van der Waals surface area contributed by atoms with E-state index < -0.39 is 15.6 Å². The summed E-state index contributed by atoms with van der Waals surface area (Å²) in [5, 5.41) is 0.598. The number of hydrogen-bond donors (Lipinski definition) is 0. The minimum Gasteiger partial charge on any atom is -0.375 e. The molecule has 1 heterocycles. The van der Waals surface area contributed by atoms with Crippen molar-refractivity contribution in [3.05, 3.63) is 70.7 Å². The van der Waals surface area contributed by atoms with Gasteiger partial charge in [0.2, 0.25) is 10.0 Å². The molecule has 140 valence electrons. The van der Waals surface area contributed by atoms with Crippen molar-refractivity contribution in [2.24, 2.45) is 0 Å². The third-order valence-electron chi connectivity index (χ3n) is 4.62. The molecule has 26 heavy (non-hydrogen) atoms. The summed E-state index contributed by atoms with van der Waals surface area (Å²) < 4.78 is 33.7. The molecule has 0 aliphatic carbocycles. The van der Waals surface area contributed by atoms with Crippen LogP contribution in [0, 0.1) is 0 Å². The third kappa shape index (κ3) is 4.65. The first-order valence-corrected chi connectivity index (χ1v) is 10.7. The summed E-state index contributed by atoms with van der Waals surface area (Å²) >= 11 is 5.90. The lowest BCUT2D eigenvalue weighted by molar-refractivity contribution is -0.0629. The molecule has 1 unspecified atom stereocenters. The Kier molecular flexibility index (Phi) is 5.72. The molecule has 0 saturated carbocycles. The average Bonchev–Trinajstić information content (AvgIpc) is 2.59. The highest BCUT2D eigenvalue weighted by Gasteiger charge is 2.42. The van der Waals surface area contributed by atoms with Gasteiger partial charge in [0.1, 0.15) is 0 Å². The molecule has 2 aromatic rings. The summed E-state index contributed by atoms with van der Waals surface area (Å²) in [6.45, 7) is 4.55. The van der Waals surface area contributed by atoms with Crippen LogP contribution in [0.3, 0.4) is 0 Å². The summed E-state index contributed by atoms with van der Waals surface area (Å²) in [5.41, 5.74) is 1.31. The molecule has 2 aromatic carbocycles. The smallest absolute Gasteiger partial charge is 0.218 e. The monoisotopic (exact) mass is 393 g/mol. The van der Waals surface area contributed by atoms with Gasteiger partial charge in [0.15, 0.2) is 0 Å². The zero-order valence-corrected chi connectivity index (χ0v) is 16.6. The number of sulfonamides is 1. The van der Waals surface area contributed by atoms with Crippen molar-refractivity contribution in [1.82, 2.24) is 4.31 Å². The molecule has 3 rings (SSSR count). The SMILES string of the molecule is CC1(C)COC(Cc2ccccc2)CN1S(=O)(=O)Cc1ccc(Cl)cc1. The fourth-order valence-corrected chi connectivity index (χ4v) is 5.33. The molecule has 0 bridgehead atoms. The predicted octanol–water partition coefficient (Wildman–Crippen LogP) is 3.89. The average molecular weight is 394 g/mol. The second-order valence-corrected chi connectivity index (χ2v) is 9.68. The Morgan fingerprint density at radius 1 is 1.08 bits per heavy atom. The summed E-state index contributed by atoms with van der Waals surface area (Å²) in [7, 11) is -3.47. The first-order valence-electron chi connectivity index (χ1n) is 8.67. The van der Waals surface area contributed by atoms with E-state index in [1.807, 2.05) is 44.2 Å². The lowest BCUT2D eigenvalue weighted by Gasteiger charge is -2.44. The Morgan fingerprint density at radius 3 is 2.38 bits per heavy atom. The number of rotatable bonds is 5. The van der Waals surface area contributed by atoms with Crippen molar-refractivity contribution in [3.8, 4) is 0 Å². The first-order chi connectivity index (χ1) is 12.3. The highest BCUT2D eigenvalue weighted by atomic mass is 35.5. The van der Waals surface area contributed by atoms with E-state index in [0.717, 1.165) is 11.1 Å². The third-order valence-corrected chi connectivity index (χ3v) is 6.89. The minimum absolute atomic E-state index is 0.0361. The van der Waals surface area contributed by atoms with Gasteiger partial charge in [-0.25, -0.2) is 8.42 Å².